The van der Waals surface area contributed by atoms with Gasteiger partial charge in [0.25, 0.3) is 0 Å². The van der Waals surface area contributed by atoms with Gasteiger partial charge >= 0.3 is 0 Å². The Hall–Kier alpha value is -1.82. The van der Waals surface area contributed by atoms with E-state index in [2.05, 4.69) is 31.2 Å². The number of nitrogens with zero attached hydrogens (tertiary/aromatic N) is 1. The Kier molecular flexibility index (Phi) is 8.85. The Morgan fingerprint density at radius 3 is 2.65 bits per heavy atom. The molecule has 0 aliphatic carbocycles. The number of aliphatic hydroxyl groups excluding tert-OH is 1. The molecule has 2 rings (SSSR count). The second-order valence-electron chi connectivity index (χ2n) is 7.04. The number of halogens is 1. The van der Waals surface area contributed by atoms with Crippen LogP contribution in [0.25, 0.3) is 12.2 Å². The molecule has 0 saturated heterocycles. The SMILES string of the molecule is CCc1cc(/C=C/c2ccccc2OCC(O)CNC(C)(C)C)on1.Cl. The summed E-state index contributed by atoms with van der Waals surface area (Å²) in [5.41, 5.74) is 1.82. The number of aromatic nitrogens is 1. The molecule has 5 nitrogen and oxygen atoms in total. The monoisotopic (exact) mass is 380 g/mol. The molecule has 0 aliphatic heterocycles. The van der Waals surface area contributed by atoms with Gasteiger partial charge in [-0.1, -0.05) is 30.3 Å². The first-order valence-corrected chi connectivity index (χ1v) is 8.66. The number of nitrogens with one attached hydrogen (secondary N) is 1. The highest BCUT2D eigenvalue weighted by molar-refractivity contribution is 5.85. The molecule has 1 atom stereocenters. The van der Waals surface area contributed by atoms with Crippen LogP contribution in [-0.2, 0) is 6.42 Å². The lowest BCUT2D eigenvalue weighted by Gasteiger charge is -2.23. The third-order valence-electron chi connectivity index (χ3n) is 3.58. The minimum Gasteiger partial charge on any atom is -0.490 e. The summed E-state index contributed by atoms with van der Waals surface area (Å²) >= 11 is 0. The number of aliphatic hydroxyl groups is 1. The van der Waals surface area contributed by atoms with Crippen molar-refractivity contribution in [3.8, 4) is 5.75 Å². The number of hydrogen-bond acceptors (Lipinski definition) is 5. The summed E-state index contributed by atoms with van der Waals surface area (Å²) in [6, 6.07) is 9.63. The fourth-order valence-corrected chi connectivity index (χ4v) is 2.16. The van der Waals surface area contributed by atoms with Crippen molar-refractivity contribution in [3.63, 3.8) is 0 Å². The molecular formula is C20H29ClN2O3. The van der Waals surface area contributed by atoms with Crippen LogP contribution in [0.1, 0.15) is 44.7 Å². The highest BCUT2D eigenvalue weighted by Gasteiger charge is 2.13. The number of hydrogen-bond donors (Lipinski definition) is 2. The number of para-hydroxylation sites is 1. The van der Waals surface area contributed by atoms with Crippen molar-refractivity contribution in [1.82, 2.24) is 10.5 Å². The molecular weight excluding hydrogens is 352 g/mol. The van der Waals surface area contributed by atoms with Crippen molar-refractivity contribution in [3.05, 3.63) is 47.3 Å². The van der Waals surface area contributed by atoms with E-state index in [1.165, 1.54) is 0 Å². The Morgan fingerprint density at radius 2 is 2.00 bits per heavy atom. The van der Waals surface area contributed by atoms with Gasteiger partial charge in [-0.05, 0) is 45.4 Å². The predicted molar refractivity (Wildman–Crippen MR) is 108 cm³/mol. The van der Waals surface area contributed by atoms with E-state index in [-0.39, 0.29) is 24.6 Å². The lowest BCUT2D eigenvalue weighted by Crippen LogP contribution is -2.42. The highest BCUT2D eigenvalue weighted by Crippen LogP contribution is 2.21. The van der Waals surface area contributed by atoms with Gasteiger partial charge in [0.1, 0.15) is 18.5 Å². The molecule has 26 heavy (non-hydrogen) atoms. The third kappa shape index (κ3) is 7.60. The molecule has 0 amide bonds. The van der Waals surface area contributed by atoms with Crippen molar-refractivity contribution >= 4 is 24.6 Å². The Bertz CT molecular complexity index is 692. The zero-order chi connectivity index (χ0) is 18.3. The standard InChI is InChI=1S/C20H28N2O3.ClH/c1-5-16-12-18(25-22-16)11-10-15-8-6-7-9-19(15)24-14-17(23)13-21-20(2,3)4;/h6-12,17,21,23H,5,13-14H2,1-4H3;1H/b11-10+;. The summed E-state index contributed by atoms with van der Waals surface area (Å²) in [5.74, 6) is 1.44. The summed E-state index contributed by atoms with van der Waals surface area (Å²) in [7, 11) is 0. The number of benzene rings is 1. The second-order valence-corrected chi connectivity index (χ2v) is 7.04. The van der Waals surface area contributed by atoms with Crippen LogP contribution >= 0.6 is 12.4 Å². The topological polar surface area (TPSA) is 67.5 Å². The summed E-state index contributed by atoms with van der Waals surface area (Å²) in [6.07, 6.45) is 4.07. The second kappa shape index (κ2) is 10.4. The van der Waals surface area contributed by atoms with Crippen LogP contribution in [0.4, 0.5) is 0 Å². The van der Waals surface area contributed by atoms with Gasteiger partial charge in [-0.2, -0.15) is 0 Å². The zero-order valence-corrected chi connectivity index (χ0v) is 16.7. The van der Waals surface area contributed by atoms with Crippen molar-refractivity contribution in [1.29, 1.82) is 0 Å². The number of rotatable bonds is 8. The minimum absolute atomic E-state index is 0. The molecule has 0 radical (unpaired) electrons. The molecule has 0 spiro atoms. The van der Waals surface area contributed by atoms with Gasteiger partial charge < -0.3 is 19.7 Å². The molecule has 1 unspecified atom stereocenters. The maximum atomic E-state index is 10.1. The molecule has 1 aromatic carbocycles. The van der Waals surface area contributed by atoms with Gasteiger partial charge in [0.15, 0.2) is 5.76 Å². The summed E-state index contributed by atoms with van der Waals surface area (Å²) in [4.78, 5) is 0. The largest absolute Gasteiger partial charge is 0.490 e. The van der Waals surface area contributed by atoms with Gasteiger partial charge in [-0.25, -0.2) is 0 Å². The first-order chi connectivity index (χ1) is 11.9. The fraction of sp³-hybridized carbons (Fsp3) is 0.450. The van der Waals surface area contributed by atoms with E-state index in [1.54, 1.807) is 0 Å². The number of aryl methyl sites for hydroxylation is 1. The number of ether oxygens (including phenoxy) is 1. The molecule has 0 saturated carbocycles. The average Bonchev–Trinajstić information content (AvgIpc) is 3.04. The van der Waals surface area contributed by atoms with E-state index < -0.39 is 6.10 Å². The third-order valence-corrected chi connectivity index (χ3v) is 3.58. The predicted octanol–water partition coefficient (Wildman–Crippen LogP) is 3.96. The van der Waals surface area contributed by atoms with E-state index in [4.69, 9.17) is 9.26 Å². The Balaban J connectivity index is 0.00000338. The van der Waals surface area contributed by atoms with Crippen LogP contribution in [-0.4, -0.2) is 35.1 Å². The summed E-state index contributed by atoms with van der Waals surface area (Å²) in [6.45, 7) is 8.94. The Morgan fingerprint density at radius 1 is 1.27 bits per heavy atom. The number of β-amino-alcohol motifs (C(OH)–C–C–N with tert-alkyl or cyclic N) is 1. The van der Waals surface area contributed by atoms with Crippen LogP contribution in [0.5, 0.6) is 5.75 Å². The van der Waals surface area contributed by atoms with Crippen LogP contribution in [0.3, 0.4) is 0 Å². The quantitative estimate of drug-likeness (QED) is 0.725. The zero-order valence-electron chi connectivity index (χ0n) is 15.9. The van der Waals surface area contributed by atoms with E-state index in [9.17, 15) is 5.11 Å². The first-order valence-electron chi connectivity index (χ1n) is 8.66. The molecule has 144 valence electrons. The highest BCUT2D eigenvalue weighted by atomic mass is 35.5. The summed E-state index contributed by atoms with van der Waals surface area (Å²) < 4.78 is 11.0. The van der Waals surface area contributed by atoms with Crippen LogP contribution in [0.2, 0.25) is 0 Å². The molecule has 1 heterocycles. The van der Waals surface area contributed by atoms with Crippen molar-refractivity contribution < 1.29 is 14.4 Å². The van der Waals surface area contributed by atoms with E-state index in [1.807, 2.05) is 49.4 Å². The molecule has 0 fully saturated rings. The van der Waals surface area contributed by atoms with Gasteiger partial charge in [0.2, 0.25) is 0 Å². The van der Waals surface area contributed by atoms with Crippen molar-refractivity contribution in [2.45, 2.75) is 45.8 Å². The molecule has 0 bridgehead atoms. The van der Waals surface area contributed by atoms with Gasteiger partial charge in [-0.3, -0.25) is 0 Å². The maximum absolute atomic E-state index is 10.1. The maximum Gasteiger partial charge on any atom is 0.159 e. The van der Waals surface area contributed by atoms with Crippen LogP contribution in [0, 0.1) is 0 Å². The summed E-state index contributed by atoms with van der Waals surface area (Å²) in [5, 5.41) is 17.3. The normalized spacial score (nSPS) is 12.8. The lowest BCUT2D eigenvalue weighted by molar-refractivity contribution is 0.0999. The fourth-order valence-electron chi connectivity index (χ4n) is 2.16. The molecule has 6 heteroatoms. The van der Waals surface area contributed by atoms with Crippen LogP contribution in [0.15, 0.2) is 34.9 Å². The van der Waals surface area contributed by atoms with Gasteiger partial charge in [0, 0.05) is 23.7 Å². The van der Waals surface area contributed by atoms with E-state index in [0.717, 1.165) is 23.4 Å². The minimum atomic E-state index is -0.572. The van der Waals surface area contributed by atoms with Gasteiger partial charge in [-0.15, -0.1) is 12.4 Å². The van der Waals surface area contributed by atoms with Crippen molar-refractivity contribution in [2.75, 3.05) is 13.2 Å². The molecule has 0 aliphatic rings. The van der Waals surface area contributed by atoms with Crippen LogP contribution < -0.4 is 10.1 Å². The van der Waals surface area contributed by atoms with Gasteiger partial charge in [0.05, 0.1) is 5.69 Å². The van der Waals surface area contributed by atoms with Crippen molar-refractivity contribution in [2.24, 2.45) is 0 Å². The Labute approximate surface area is 161 Å². The van der Waals surface area contributed by atoms with E-state index in [0.29, 0.717) is 12.3 Å². The molecule has 1 aromatic heterocycles. The average molecular weight is 381 g/mol. The smallest absolute Gasteiger partial charge is 0.159 e. The first kappa shape index (κ1) is 22.2. The van der Waals surface area contributed by atoms with E-state index >= 15 is 0 Å². The lowest BCUT2D eigenvalue weighted by atomic mass is 10.1. The molecule has 2 N–H and O–H groups in total. The molecule has 2 aromatic rings.